The number of amides is 1. The lowest BCUT2D eigenvalue weighted by Crippen LogP contribution is -2.30. The van der Waals surface area contributed by atoms with Crippen LogP contribution < -0.4 is 11.1 Å². The molecule has 2 aromatic carbocycles. The number of benzene rings is 2. The first kappa shape index (κ1) is 18.9. The first-order valence-electron chi connectivity index (χ1n) is 8.20. The molecule has 0 bridgehead atoms. The number of rotatable bonds is 8. The number of carbonyl (C=O) groups excluding carboxylic acids is 1. The van der Waals surface area contributed by atoms with Gasteiger partial charge >= 0.3 is 6.09 Å². The van der Waals surface area contributed by atoms with Crippen molar-refractivity contribution in [2.75, 3.05) is 6.54 Å². The molecule has 2 rings (SSSR count). The van der Waals surface area contributed by atoms with Crippen molar-refractivity contribution in [1.29, 1.82) is 0 Å². The van der Waals surface area contributed by atoms with Crippen LogP contribution in [0.2, 0.25) is 0 Å². The Morgan fingerprint density at radius 1 is 1.08 bits per heavy atom. The topological polar surface area (TPSA) is 105 Å². The van der Waals surface area contributed by atoms with E-state index in [4.69, 9.17) is 10.5 Å². The molecule has 6 heteroatoms. The van der Waals surface area contributed by atoms with Gasteiger partial charge in [0, 0.05) is 13.1 Å². The number of aliphatic hydroxyl groups is 2. The van der Waals surface area contributed by atoms with E-state index in [0.29, 0.717) is 5.56 Å². The minimum absolute atomic E-state index is 0.182. The fraction of sp³-hybridized carbons (Fsp3) is 0.316. The van der Waals surface area contributed by atoms with Crippen LogP contribution in [0.4, 0.5) is 4.79 Å². The second-order valence-corrected chi connectivity index (χ2v) is 5.69. The number of hydrogen-bond donors (Lipinski definition) is 4. The Balaban J connectivity index is 1.74. The smallest absolute Gasteiger partial charge is 0.407 e. The lowest BCUT2D eigenvalue weighted by Gasteiger charge is -2.20. The van der Waals surface area contributed by atoms with Gasteiger partial charge < -0.3 is 26.0 Å². The summed E-state index contributed by atoms with van der Waals surface area (Å²) in [6.07, 6.45) is -2.43. The summed E-state index contributed by atoms with van der Waals surface area (Å²) >= 11 is 0. The summed E-state index contributed by atoms with van der Waals surface area (Å²) in [6, 6.07) is 16.5. The Hall–Kier alpha value is -2.41. The second-order valence-electron chi connectivity index (χ2n) is 5.69. The molecule has 5 N–H and O–H groups in total. The van der Waals surface area contributed by atoms with Crippen LogP contribution in [0.1, 0.15) is 29.2 Å². The molecule has 1 amide bonds. The number of nitrogens with one attached hydrogen (secondary N) is 1. The summed E-state index contributed by atoms with van der Waals surface area (Å²) in [5.41, 5.74) is 7.92. The van der Waals surface area contributed by atoms with Gasteiger partial charge in [-0.15, -0.1) is 0 Å². The average Bonchev–Trinajstić information content (AvgIpc) is 2.66. The SMILES string of the molecule is NCc1ccccc1C(O)C(O)CCNC(=O)OCc1ccccc1. The van der Waals surface area contributed by atoms with Gasteiger partial charge in [0.2, 0.25) is 0 Å². The van der Waals surface area contributed by atoms with Gasteiger partial charge in [0.15, 0.2) is 0 Å². The molecule has 2 unspecified atom stereocenters. The van der Waals surface area contributed by atoms with Crippen molar-refractivity contribution in [2.45, 2.75) is 31.8 Å². The van der Waals surface area contributed by atoms with Crippen molar-refractivity contribution in [3.05, 3.63) is 71.3 Å². The molecule has 25 heavy (non-hydrogen) atoms. The van der Waals surface area contributed by atoms with Crippen LogP contribution in [-0.4, -0.2) is 29.0 Å². The summed E-state index contributed by atoms with van der Waals surface area (Å²) in [7, 11) is 0. The minimum Gasteiger partial charge on any atom is -0.445 e. The number of aliphatic hydroxyl groups excluding tert-OH is 2. The third-order valence-corrected chi connectivity index (χ3v) is 3.88. The van der Waals surface area contributed by atoms with E-state index in [1.54, 1.807) is 12.1 Å². The normalized spacial score (nSPS) is 13.1. The van der Waals surface area contributed by atoms with E-state index in [-0.39, 0.29) is 26.1 Å². The van der Waals surface area contributed by atoms with E-state index >= 15 is 0 Å². The molecule has 0 saturated heterocycles. The van der Waals surface area contributed by atoms with Crippen molar-refractivity contribution in [3.63, 3.8) is 0 Å². The number of ether oxygens (including phenoxy) is 1. The van der Waals surface area contributed by atoms with Gasteiger partial charge in [-0.1, -0.05) is 54.6 Å². The third-order valence-electron chi connectivity index (χ3n) is 3.88. The van der Waals surface area contributed by atoms with Crippen LogP contribution in [0.15, 0.2) is 54.6 Å². The molecule has 2 aromatic rings. The van der Waals surface area contributed by atoms with Gasteiger partial charge in [-0.2, -0.15) is 0 Å². The summed E-state index contributed by atoms with van der Waals surface area (Å²) in [5, 5.41) is 23.0. The molecule has 0 heterocycles. The molecule has 0 fully saturated rings. The van der Waals surface area contributed by atoms with Crippen LogP contribution in [0.5, 0.6) is 0 Å². The Morgan fingerprint density at radius 2 is 1.76 bits per heavy atom. The van der Waals surface area contributed by atoms with Crippen molar-refractivity contribution in [1.82, 2.24) is 5.32 Å². The monoisotopic (exact) mass is 344 g/mol. The fourth-order valence-corrected chi connectivity index (χ4v) is 2.47. The third kappa shape index (κ3) is 5.86. The molecular weight excluding hydrogens is 320 g/mol. The predicted molar refractivity (Wildman–Crippen MR) is 94.5 cm³/mol. The van der Waals surface area contributed by atoms with Gasteiger partial charge in [-0.3, -0.25) is 0 Å². The van der Waals surface area contributed by atoms with Crippen LogP contribution >= 0.6 is 0 Å². The molecule has 0 spiro atoms. The van der Waals surface area contributed by atoms with Crippen LogP contribution in [0, 0.1) is 0 Å². The van der Waals surface area contributed by atoms with E-state index in [1.807, 2.05) is 42.5 Å². The first-order valence-corrected chi connectivity index (χ1v) is 8.20. The van der Waals surface area contributed by atoms with E-state index in [0.717, 1.165) is 11.1 Å². The van der Waals surface area contributed by atoms with Crippen molar-refractivity contribution < 1.29 is 19.7 Å². The molecule has 134 valence electrons. The highest BCUT2D eigenvalue weighted by molar-refractivity contribution is 5.67. The highest BCUT2D eigenvalue weighted by Crippen LogP contribution is 2.22. The molecule has 6 nitrogen and oxygen atoms in total. The van der Waals surface area contributed by atoms with Crippen molar-refractivity contribution in [2.24, 2.45) is 5.73 Å². The van der Waals surface area contributed by atoms with Crippen molar-refractivity contribution >= 4 is 6.09 Å². The lowest BCUT2D eigenvalue weighted by atomic mass is 9.97. The zero-order valence-corrected chi connectivity index (χ0v) is 14.0. The molecule has 0 aliphatic heterocycles. The van der Waals surface area contributed by atoms with Crippen molar-refractivity contribution in [3.8, 4) is 0 Å². The molecule has 2 atom stereocenters. The Labute approximate surface area is 147 Å². The van der Waals surface area contributed by atoms with E-state index < -0.39 is 18.3 Å². The van der Waals surface area contributed by atoms with E-state index in [9.17, 15) is 15.0 Å². The summed E-state index contributed by atoms with van der Waals surface area (Å²) < 4.78 is 5.08. The Kier molecular flexibility index (Phi) is 7.40. The molecule has 0 aliphatic carbocycles. The highest BCUT2D eigenvalue weighted by Gasteiger charge is 2.20. The number of nitrogens with two attached hydrogens (primary N) is 1. The van der Waals surface area contributed by atoms with Gasteiger partial charge in [-0.05, 0) is 23.1 Å². The lowest BCUT2D eigenvalue weighted by molar-refractivity contribution is 0.0131. The molecule has 0 saturated carbocycles. The van der Waals surface area contributed by atoms with Crippen LogP contribution in [0.3, 0.4) is 0 Å². The zero-order valence-electron chi connectivity index (χ0n) is 14.0. The average molecular weight is 344 g/mol. The Morgan fingerprint density at radius 3 is 2.48 bits per heavy atom. The maximum atomic E-state index is 11.6. The standard InChI is InChI=1S/C19H24N2O4/c20-12-15-8-4-5-9-16(15)18(23)17(22)10-11-21-19(24)25-13-14-6-2-1-3-7-14/h1-9,17-18,22-23H,10-13,20H2,(H,21,24). The molecule has 0 aromatic heterocycles. The quantitative estimate of drug-likeness (QED) is 0.585. The van der Waals surface area contributed by atoms with E-state index in [1.165, 1.54) is 0 Å². The summed E-state index contributed by atoms with van der Waals surface area (Å²) in [6.45, 7) is 0.655. The summed E-state index contributed by atoms with van der Waals surface area (Å²) in [5.74, 6) is 0. The largest absolute Gasteiger partial charge is 0.445 e. The molecule has 0 radical (unpaired) electrons. The highest BCUT2D eigenvalue weighted by atomic mass is 16.5. The molecule has 0 aliphatic rings. The maximum Gasteiger partial charge on any atom is 0.407 e. The van der Waals surface area contributed by atoms with Gasteiger partial charge in [-0.25, -0.2) is 4.79 Å². The number of hydrogen-bond acceptors (Lipinski definition) is 5. The number of alkyl carbamates (subject to hydrolysis) is 1. The number of carbonyl (C=O) groups is 1. The minimum atomic E-state index is -1.05. The van der Waals surface area contributed by atoms with Crippen LogP contribution in [0.25, 0.3) is 0 Å². The zero-order chi connectivity index (χ0) is 18.1. The van der Waals surface area contributed by atoms with E-state index in [2.05, 4.69) is 5.32 Å². The molecular formula is C19H24N2O4. The van der Waals surface area contributed by atoms with Gasteiger partial charge in [0.25, 0.3) is 0 Å². The second kappa shape index (κ2) is 9.78. The summed E-state index contributed by atoms with van der Waals surface area (Å²) in [4.78, 5) is 11.6. The van der Waals surface area contributed by atoms with Crippen LogP contribution in [-0.2, 0) is 17.9 Å². The van der Waals surface area contributed by atoms with Gasteiger partial charge in [0.1, 0.15) is 12.7 Å². The predicted octanol–water partition coefficient (Wildman–Crippen LogP) is 1.86. The Bertz CT molecular complexity index is 663. The fourth-order valence-electron chi connectivity index (χ4n) is 2.47. The maximum absolute atomic E-state index is 11.6. The van der Waals surface area contributed by atoms with Gasteiger partial charge in [0.05, 0.1) is 6.10 Å². The first-order chi connectivity index (χ1) is 12.1.